The number of aliphatic hydroxyl groups is 1. The highest BCUT2D eigenvalue weighted by Crippen LogP contribution is 2.33. The lowest BCUT2D eigenvalue weighted by molar-refractivity contribution is 0.137. The predicted octanol–water partition coefficient (Wildman–Crippen LogP) is 2.11. The molecule has 2 unspecified atom stereocenters. The van der Waals surface area contributed by atoms with E-state index in [2.05, 4.69) is 24.4 Å². The minimum atomic E-state index is -0.390. The van der Waals surface area contributed by atoms with Crippen molar-refractivity contribution in [2.45, 2.75) is 44.8 Å². The normalized spacial score (nSPS) is 24.4. The lowest BCUT2D eigenvalue weighted by Crippen LogP contribution is -2.29. The fourth-order valence-corrected chi connectivity index (χ4v) is 3.09. The Morgan fingerprint density at radius 3 is 3.06 bits per heavy atom. The minimum absolute atomic E-state index is 0.215. The summed E-state index contributed by atoms with van der Waals surface area (Å²) in [6.45, 7) is 3.91. The third-order valence-corrected chi connectivity index (χ3v) is 4.03. The lowest BCUT2D eigenvalue weighted by atomic mass is 9.94. The molecule has 2 aliphatic rings. The maximum atomic E-state index is 10.4. The molecule has 3 nitrogen and oxygen atoms in total. The molecule has 3 heteroatoms. The van der Waals surface area contributed by atoms with Crippen LogP contribution in [0.3, 0.4) is 0 Å². The van der Waals surface area contributed by atoms with Crippen molar-refractivity contribution in [2.75, 3.05) is 13.2 Å². The zero-order valence-corrected chi connectivity index (χ0v) is 10.9. The van der Waals surface area contributed by atoms with Crippen LogP contribution in [0.1, 0.15) is 42.1 Å². The van der Waals surface area contributed by atoms with Crippen LogP contribution in [0.25, 0.3) is 0 Å². The molecule has 18 heavy (non-hydrogen) atoms. The first-order chi connectivity index (χ1) is 8.75. The molecule has 0 aromatic heterocycles. The SMILES string of the molecule is Cc1cc(C(O)C2CCCN2)cc2c1OCCC2. The first kappa shape index (κ1) is 12.0. The Hall–Kier alpha value is -1.06. The molecule has 1 aromatic carbocycles. The van der Waals surface area contributed by atoms with Crippen molar-refractivity contribution in [3.8, 4) is 5.75 Å². The smallest absolute Gasteiger partial charge is 0.125 e. The molecule has 0 bridgehead atoms. The minimum Gasteiger partial charge on any atom is -0.493 e. The van der Waals surface area contributed by atoms with Gasteiger partial charge in [0.05, 0.1) is 12.7 Å². The van der Waals surface area contributed by atoms with Crippen molar-refractivity contribution in [3.05, 3.63) is 28.8 Å². The monoisotopic (exact) mass is 247 g/mol. The van der Waals surface area contributed by atoms with E-state index in [-0.39, 0.29) is 6.04 Å². The van der Waals surface area contributed by atoms with Crippen LogP contribution in [0.15, 0.2) is 12.1 Å². The molecular formula is C15H21NO2. The largest absolute Gasteiger partial charge is 0.493 e. The Morgan fingerprint density at radius 1 is 1.39 bits per heavy atom. The van der Waals surface area contributed by atoms with Gasteiger partial charge in [0.15, 0.2) is 0 Å². The van der Waals surface area contributed by atoms with Crippen LogP contribution in [0.4, 0.5) is 0 Å². The second-order valence-corrected chi connectivity index (χ2v) is 5.43. The summed E-state index contributed by atoms with van der Waals surface area (Å²) in [4.78, 5) is 0. The second kappa shape index (κ2) is 4.90. The van der Waals surface area contributed by atoms with Crippen LogP contribution < -0.4 is 10.1 Å². The lowest BCUT2D eigenvalue weighted by Gasteiger charge is -2.24. The average molecular weight is 247 g/mol. The predicted molar refractivity (Wildman–Crippen MR) is 71.0 cm³/mol. The number of aryl methyl sites for hydroxylation is 2. The fraction of sp³-hybridized carbons (Fsp3) is 0.600. The Bertz CT molecular complexity index is 438. The van der Waals surface area contributed by atoms with Gasteiger partial charge in [-0.15, -0.1) is 0 Å². The van der Waals surface area contributed by atoms with Crippen LogP contribution in [-0.2, 0) is 6.42 Å². The van der Waals surface area contributed by atoms with E-state index in [1.54, 1.807) is 0 Å². The zero-order valence-electron chi connectivity index (χ0n) is 10.9. The van der Waals surface area contributed by atoms with Crippen LogP contribution >= 0.6 is 0 Å². The van der Waals surface area contributed by atoms with Gasteiger partial charge >= 0.3 is 0 Å². The summed E-state index contributed by atoms with van der Waals surface area (Å²) in [5.41, 5.74) is 3.45. The van der Waals surface area contributed by atoms with Crippen molar-refractivity contribution in [2.24, 2.45) is 0 Å². The highest BCUT2D eigenvalue weighted by Gasteiger charge is 2.25. The Labute approximate surface area is 108 Å². The van der Waals surface area contributed by atoms with Gasteiger partial charge in [-0.3, -0.25) is 0 Å². The summed E-state index contributed by atoms with van der Waals surface area (Å²) in [6.07, 6.45) is 3.98. The third kappa shape index (κ3) is 2.13. The van der Waals surface area contributed by atoms with Gasteiger partial charge in [-0.1, -0.05) is 0 Å². The van der Waals surface area contributed by atoms with Crippen molar-refractivity contribution in [1.29, 1.82) is 0 Å². The molecule has 2 N–H and O–H groups in total. The van der Waals surface area contributed by atoms with Gasteiger partial charge in [-0.05, 0) is 68.0 Å². The summed E-state index contributed by atoms with van der Waals surface area (Å²) in [7, 11) is 0. The topological polar surface area (TPSA) is 41.5 Å². The molecule has 0 spiro atoms. The molecule has 2 heterocycles. The highest BCUT2D eigenvalue weighted by molar-refractivity contribution is 5.46. The van der Waals surface area contributed by atoms with Crippen molar-refractivity contribution in [3.63, 3.8) is 0 Å². The molecule has 0 aliphatic carbocycles. The molecule has 98 valence electrons. The van der Waals surface area contributed by atoms with Gasteiger partial charge in [0.1, 0.15) is 5.75 Å². The number of benzene rings is 1. The third-order valence-electron chi connectivity index (χ3n) is 4.03. The highest BCUT2D eigenvalue weighted by atomic mass is 16.5. The molecule has 1 fully saturated rings. The van der Waals surface area contributed by atoms with E-state index >= 15 is 0 Å². The summed E-state index contributed by atoms with van der Waals surface area (Å²) >= 11 is 0. The van der Waals surface area contributed by atoms with Crippen molar-refractivity contribution < 1.29 is 9.84 Å². The Balaban J connectivity index is 1.90. The van der Waals surface area contributed by atoms with Gasteiger partial charge < -0.3 is 15.2 Å². The van der Waals surface area contributed by atoms with Gasteiger partial charge in [0.25, 0.3) is 0 Å². The number of rotatable bonds is 2. The van der Waals surface area contributed by atoms with Crippen LogP contribution in [0.2, 0.25) is 0 Å². The van der Waals surface area contributed by atoms with E-state index in [1.165, 1.54) is 5.56 Å². The van der Waals surface area contributed by atoms with Crippen molar-refractivity contribution in [1.82, 2.24) is 5.32 Å². The Kier molecular flexibility index (Phi) is 3.27. The fourth-order valence-electron chi connectivity index (χ4n) is 3.09. The van der Waals surface area contributed by atoms with E-state index < -0.39 is 6.10 Å². The number of aliphatic hydroxyl groups excluding tert-OH is 1. The number of hydrogen-bond donors (Lipinski definition) is 2. The van der Waals surface area contributed by atoms with Gasteiger partial charge in [0, 0.05) is 6.04 Å². The average Bonchev–Trinajstić information content (AvgIpc) is 2.91. The number of ether oxygens (including phenoxy) is 1. The van der Waals surface area contributed by atoms with Crippen LogP contribution in [-0.4, -0.2) is 24.3 Å². The van der Waals surface area contributed by atoms with Crippen molar-refractivity contribution >= 4 is 0 Å². The molecule has 1 saturated heterocycles. The summed E-state index contributed by atoms with van der Waals surface area (Å²) in [6, 6.07) is 4.42. The molecule has 1 aromatic rings. The summed E-state index contributed by atoms with van der Waals surface area (Å²) in [5, 5.41) is 13.8. The van der Waals surface area contributed by atoms with E-state index in [0.717, 1.165) is 55.7 Å². The van der Waals surface area contributed by atoms with E-state index in [4.69, 9.17) is 4.74 Å². The van der Waals surface area contributed by atoms with Crippen LogP contribution in [0, 0.1) is 6.92 Å². The van der Waals surface area contributed by atoms with E-state index in [0.29, 0.717) is 0 Å². The molecule has 2 atom stereocenters. The standard InChI is InChI=1S/C15H21NO2/c1-10-8-12(14(17)13-5-2-6-16-13)9-11-4-3-7-18-15(10)11/h8-9,13-14,16-17H,2-7H2,1H3. The van der Waals surface area contributed by atoms with Crippen LogP contribution in [0.5, 0.6) is 5.75 Å². The molecule has 0 radical (unpaired) electrons. The number of nitrogens with one attached hydrogen (secondary N) is 1. The van der Waals surface area contributed by atoms with E-state index in [1.807, 2.05) is 0 Å². The van der Waals surface area contributed by atoms with Gasteiger partial charge in [-0.25, -0.2) is 0 Å². The first-order valence-corrected chi connectivity index (χ1v) is 6.93. The zero-order chi connectivity index (χ0) is 12.5. The number of fused-ring (bicyclic) bond motifs is 1. The van der Waals surface area contributed by atoms with Gasteiger partial charge in [0.2, 0.25) is 0 Å². The summed E-state index contributed by atoms with van der Waals surface area (Å²) < 4.78 is 5.72. The van der Waals surface area contributed by atoms with Gasteiger partial charge in [-0.2, -0.15) is 0 Å². The maximum Gasteiger partial charge on any atom is 0.125 e. The number of hydrogen-bond acceptors (Lipinski definition) is 3. The quantitative estimate of drug-likeness (QED) is 0.841. The van der Waals surface area contributed by atoms with E-state index in [9.17, 15) is 5.11 Å². The molecule has 0 saturated carbocycles. The Morgan fingerprint density at radius 2 is 2.28 bits per heavy atom. The molecular weight excluding hydrogens is 226 g/mol. The molecule has 3 rings (SSSR count). The maximum absolute atomic E-state index is 10.4. The first-order valence-electron chi connectivity index (χ1n) is 6.93. The molecule has 0 amide bonds. The second-order valence-electron chi connectivity index (χ2n) is 5.43. The molecule has 2 aliphatic heterocycles. The summed E-state index contributed by atoms with van der Waals surface area (Å²) in [5.74, 6) is 1.04.